The van der Waals surface area contributed by atoms with Crippen molar-refractivity contribution in [3.8, 4) is 5.75 Å². The highest BCUT2D eigenvalue weighted by atomic mass is 16.5. The minimum Gasteiger partial charge on any atom is -0.489 e. The van der Waals surface area contributed by atoms with E-state index in [-0.39, 0.29) is 18.4 Å². The lowest BCUT2D eigenvalue weighted by molar-refractivity contribution is -0.171. The minimum absolute atomic E-state index is 0.0398. The van der Waals surface area contributed by atoms with Gasteiger partial charge < -0.3 is 24.4 Å². The molecule has 2 amide bonds. The lowest BCUT2D eigenvalue weighted by atomic mass is 10.0. The summed E-state index contributed by atoms with van der Waals surface area (Å²) in [7, 11) is 0. The van der Waals surface area contributed by atoms with E-state index in [1.165, 1.54) is 0 Å². The molecule has 8 nitrogen and oxygen atoms in total. The lowest BCUT2D eigenvalue weighted by Gasteiger charge is -2.42. The van der Waals surface area contributed by atoms with Gasteiger partial charge in [0.1, 0.15) is 12.4 Å². The summed E-state index contributed by atoms with van der Waals surface area (Å²) in [5.74, 6) is 0.570. The first-order valence-corrected chi connectivity index (χ1v) is 11.3. The molecule has 2 aliphatic heterocycles. The Hall–Kier alpha value is -2.94. The van der Waals surface area contributed by atoms with Crippen molar-refractivity contribution >= 4 is 17.5 Å². The van der Waals surface area contributed by atoms with Crippen molar-refractivity contribution in [1.82, 2.24) is 9.80 Å². The fraction of sp³-hybridized carbons (Fsp3) is 0.440. The van der Waals surface area contributed by atoms with Crippen LogP contribution in [0, 0.1) is 0 Å². The van der Waals surface area contributed by atoms with E-state index >= 15 is 0 Å². The van der Waals surface area contributed by atoms with Gasteiger partial charge in [-0.05, 0) is 36.8 Å². The third-order valence-electron chi connectivity index (χ3n) is 5.86. The molecule has 0 aromatic heterocycles. The number of rotatable bonds is 7. The fourth-order valence-corrected chi connectivity index (χ4v) is 4.10. The summed E-state index contributed by atoms with van der Waals surface area (Å²) in [6.07, 6.45) is 0. The van der Waals surface area contributed by atoms with E-state index in [0.717, 1.165) is 11.3 Å². The van der Waals surface area contributed by atoms with Gasteiger partial charge >= 0.3 is 0 Å². The average Bonchev–Trinajstić information content (AvgIpc) is 2.84. The third-order valence-corrected chi connectivity index (χ3v) is 5.86. The van der Waals surface area contributed by atoms with Crippen molar-refractivity contribution in [3.05, 3.63) is 60.2 Å². The summed E-state index contributed by atoms with van der Waals surface area (Å²) in [6, 6.07) is 17.3. The first-order chi connectivity index (χ1) is 16.0. The number of anilines is 1. The Balaban J connectivity index is 1.26. The molecule has 1 N–H and O–H groups in total. The van der Waals surface area contributed by atoms with Crippen LogP contribution >= 0.6 is 0 Å². The second-order valence-electron chi connectivity index (χ2n) is 8.54. The van der Waals surface area contributed by atoms with Crippen molar-refractivity contribution in [3.63, 3.8) is 0 Å². The van der Waals surface area contributed by atoms with E-state index in [9.17, 15) is 9.59 Å². The standard InChI is InChI=1S/C25H31N3O5/c1-25(24(30)28-12-14-31-15-13-28)19-27(11-16-33-25)17-23(29)26-21-7-9-22(10-8-21)32-18-20-5-3-2-4-6-20/h2-10H,11-19H2,1H3,(H,26,29). The van der Waals surface area contributed by atoms with Gasteiger partial charge in [0.05, 0.1) is 26.4 Å². The van der Waals surface area contributed by atoms with Gasteiger partial charge in [-0.1, -0.05) is 30.3 Å². The smallest absolute Gasteiger partial charge is 0.256 e. The lowest BCUT2D eigenvalue weighted by Crippen LogP contribution is -2.61. The second-order valence-corrected chi connectivity index (χ2v) is 8.54. The van der Waals surface area contributed by atoms with Gasteiger partial charge in [0.15, 0.2) is 5.60 Å². The molecule has 0 aliphatic carbocycles. The molecule has 176 valence electrons. The molecule has 33 heavy (non-hydrogen) atoms. The Bertz CT molecular complexity index is 931. The van der Waals surface area contributed by atoms with Crippen LogP contribution in [0.2, 0.25) is 0 Å². The molecule has 2 heterocycles. The van der Waals surface area contributed by atoms with Gasteiger partial charge in [-0.25, -0.2) is 0 Å². The number of ether oxygens (including phenoxy) is 3. The van der Waals surface area contributed by atoms with Crippen molar-refractivity contribution < 1.29 is 23.8 Å². The minimum atomic E-state index is -0.951. The molecule has 4 rings (SSSR count). The first kappa shape index (κ1) is 23.2. The van der Waals surface area contributed by atoms with Crippen LogP contribution < -0.4 is 10.1 Å². The quantitative estimate of drug-likeness (QED) is 0.692. The number of carbonyl (C=O) groups excluding carboxylic acids is 2. The molecule has 0 radical (unpaired) electrons. The summed E-state index contributed by atoms with van der Waals surface area (Å²) in [5, 5.41) is 2.92. The van der Waals surface area contributed by atoms with E-state index in [2.05, 4.69) is 5.32 Å². The van der Waals surface area contributed by atoms with Crippen molar-refractivity contribution in [2.24, 2.45) is 0 Å². The van der Waals surface area contributed by atoms with Crippen molar-refractivity contribution in [2.75, 3.05) is 57.9 Å². The monoisotopic (exact) mass is 453 g/mol. The Morgan fingerprint density at radius 3 is 2.45 bits per heavy atom. The second kappa shape index (κ2) is 10.8. The topological polar surface area (TPSA) is 80.3 Å². The Morgan fingerprint density at radius 1 is 1.00 bits per heavy atom. The summed E-state index contributed by atoms with van der Waals surface area (Å²) >= 11 is 0. The zero-order valence-corrected chi connectivity index (χ0v) is 19.0. The van der Waals surface area contributed by atoms with Crippen LogP contribution in [0.25, 0.3) is 0 Å². The van der Waals surface area contributed by atoms with Crippen LogP contribution in [0.5, 0.6) is 5.75 Å². The number of hydrogen-bond donors (Lipinski definition) is 1. The van der Waals surface area contributed by atoms with Crippen LogP contribution in [0.4, 0.5) is 5.69 Å². The van der Waals surface area contributed by atoms with Gasteiger partial charge in [0, 0.05) is 31.9 Å². The van der Waals surface area contributed by atoms with Gasteiger partial charge in [-0.3, -0.25) is 14.5 Å². The van der Waals surface area contributed by atoms with Crippen LogP contribution in [0.3, 0.4) is 0 Å². The maximum atomic E-state index is 13.0. The Kier molecular flexibility index (Phi) is 7.59. The summed E-state index contributed by atoms with van der Waals surface area (Å²) in [4.78, 5) is 29.4. The highest BCUT2D eigenvalue weighted by Gasteiger charge is 2.42. The number of carbonyl (C=O) groups is 2. The number of morpholine rings is 2. The zero-order valence-electron chi connectivity index (χ0n) is 19.0. The van der Waals surface area contributed by atoms with Gasteiger partial charge in [0.25, 0.3) is 5.91 Å². The van der Waals surface area contributed by atoms with Crippen LogP contribution in [-0.2, 0) is 25.7 Å². The van der Waals surface area contributed by atoms with Gasteiger partial charge in [-0.2, -0.15) is 0 Å². The molecule has 2 aromatic carbocycles. The molecule has 2 aliphatic rings. The zero-order chi connectivity index (χ0) is 23.1. The fourth-order valence-electron chi connectivity index (χ4n) is 4.10. The van der Waals surface area contributed by atoms with Crippen molar-refractivity contribution in [1.29, 1.82) is 0 Å². The third kappa shape index (κ3) is 6.31. The number of benzene rings is 2. The molecule has 0 saturated carbocycles. The summed E-state index contributed by atoms with van der Waals surface area (Å²) in [5.41, 5.74) is 0.847. The predicted octanol–water partition coefficient (Wildman–Crippen LogP) is 2.15. The number of nitrogens with one attached hydrogen (secondary N) is 1. The molecule has 2 aromatic rings. The number of amides is 2. The molecule has 0 spiro atoms. The van der Waals surface area contributed by atoms with Crippen LogP contribution in [0.15, 0.2) is 54.6 Å². The van der Waals surface area contributed by atoms with E-state index in [0.29, 0.717) is 58.3 Å². The van der Waals surface area contributed by atoms with E-state index in [1.807, 2.05) is 66.4 Å². The maximum Gasteiger partial charge on any atom is 0.256 e. The van der Waals surface area contributed by atoms with Crippen molar-refractivity contribution in [2.45, 2.75) is 19.1 Å². The maximum absolute atomic E-state index is 13.0. The van der Waals surface area contributed by atoms with E-state index in [4.69, 9.17) is 14.2 Å². The first-order valence-electron chi connectivity index (χ1n) is 11.3. The highest BCUT2D eigenvalue weighted by Crippen LogP contribution is 2.22. The molecular formula is C25H31N3O5. The molecule has 8 heteroatoms. The summed E-state index contributed by atoms with van der Waals surface area (Å²) < 4.78 is 17.0. The molecule has 2 saturated heterocycles. The molecule has 0 bridgehead atoms. The van der Waals surface area contributed by atoms with Crippen LogP contribution in [0.1, 0.15) is 12.5 Å². The number of nitrogens with zero attached hydrogens (tertiary/aromatic N) is 2. The predicted molar refractivity (Wildman–Crippen MR) is 124 cm³/mol. The molecule has 2 fully saturated rings. The molecular weight excluding hydrogens is 422 g/mol. The number of hydrogen-bond acceptors (Lipinski definition) is 6. The SMILES string of the molecule is CC1(C(=O)N2CCOCC2)CN(CC(=O)Nc2ccc(OCc3ccccc3)cc2)CCO1. The van der Waals surface area contributed by atoms with E-state index in [1.54, 1.807) is 4.90 Å². The Morgan fingerprint density at radius 2 is 1.73 bits per heavy atom. The molecule has 1 unspecified atom stereocenters. The largest absolute Gasteiger partial charge is 0.489 e. The van der Waals surface area contributed by atoms with Crippen LogP contribution in [-0.4, -0.2) is 79.8 Å². The average molecular weight is 454 g/mol. The van der Waals surface area contributed by atoms with E-state index < -0.39 is 5.60 Å². The Labute approximate surface area is 194 Å². The highest BCUT2D eigenvalue weighted by molar-refractivity contribution is 5.92. The molecule has 1 atom stereocenters. The summed E-state index contributed by atoms with van der Waals surface area (Å²) in [6.45, 7) is 6.12. The van der Waals surface area contributed by atoms with Gasteiger partial charge in [0.2, 0.25) is 5.91 Å². The normalized spacial score (nSPS) is 21.4. The van der Waals surface area contributed by atoms with Gasteiger partial charge in [-0.15, -0.1) is 0 Å².